The molecule has 0 rings (SSSR count). The minimum Gasteiger partial charge on any atom is -0.330 e. The summed E-state index contributed by atoms with van der Waals surface area (Å²) < 4.78 is 0. The van der Waals surface area contributed by atoms with Gasteiger partial charge in [-0.1, -0.05) is 0 Å². The van der Waals surface area contributed by atoms with Crippen molar-refractivity contribution in [2.75, 3.05) is 20.6 Å². The van der Waals surface area contributed by atoms with Gasteiger partial charge in [-0.25, -0.2) is 0 Å². The summed E-state index contributed by atoms with van der Waals surface area (Å²) in [4.78, 5) is 1.95. The molecule has 0 aliphatic heterocycles. The van der Waals surface area contributed by atoms with E-state index in [-0.39, 0.29) is 5.94 Å². The van der Waals surface area contributed by atoms with E-state index in [9.17, 15) is 0 Å². The number of hydrogen-bond acceptors (Lipinski definition) is 2. The van der Waals surface area contributed by atoms with Gasteiger partial charge in [0.15, 0.2) is 0 Å². The van der Waals surface area contributed by atoms with Crippen LogP contribution < -0.4 is 5.73 Å². The Labute approximate surface area is 52.5 Å². The molecular formula is C5H13BN2. The summed E-state index contributed by atoms with van der Waals surface area (Å²) in [5.41, 5.74) is 5.26. The molecule has 0 aliphatic carbocycles. The van der Waals surface area contributed by atoms with E-state index in [0.717, 1.165) is 6.42 Å². The van der Waals surface area contributed by atoms with E-state index in [0.29, 0.717) is 6.54 Å². The number of rotatable bonds is 3. The van der Waals surface area contributed by atoms with Crippen LogP contribution in [0.5, 0.6) is 0 Å². The zero-order chi connectivity index (χ0) is 6.57. The summed E-state index contributed by atoms with van der Waals surface area (Å²) in [7, 11) is 9.46. The Bertz CT molecular complexity index is 56.4. The van der Waals surface area contributed by atoms with Crippen LogP contribution in [0, 0.1) is 0 Å². The van der Waals surface area contributed by atoms with Crippen LogP contribution in [0.25, 0.3) is 0 Å². The maximum Gasteiger partial charge on any atom is 0.0910 e. The fraction of sp³-hybridized carbons (Fsp3) is 1.00. The number of hydrogen-bond donors (Lipinski definition) is 1. The van der Waals surface area contributed by atoms with Crippen molar-refractivity contribution in [1.29, 1.82) is 0 Å². The molecule has 2 radical (unpaired) electrons. The molecule has 1 atom stereocenters. The second kappa shape index (κ2) is 3.92. The van der Waals surface area contributed by atoms with Gasteiger partial charge in [0.25, 0.3) is 0 Å². The molecule has 0 aromatic carbocycles. The molecule has 0 saturated heterocycles. The molecule has 0 aromatic rings. The Morgan fingerprint density at radius 3 is 2.25 bits per heavy atom. The molecule has 0 spiro atoms. The second-order valence-corrected chi connectivity index (χ2v) is 2.11. The largest absolute Gasteiger partial charge is 0.330 e. The summed E-state index contributed by atoms with van der Waals surface area (Å²) in [5, 5.41) is 0. The van der Waals surface area contributed by atoms with Gasteiger partial charge < -0.3 is 10.6 Å². The first-order valence-corrected chi connectivity index (χ1v) is 2.80. The maximum atomic E-state index is 5.57. The van der Waals surface area contributed by atoms with Crippen molar-refractivity contribution in [2.24, 2.45) is 5.73 Å². The number of nitrogens with two attached hydrogens (primary N) is 1. The third-order valence-corrected chi connectivity index (χ3v) is 1.13. The lowest BCUT2D eigenvalue weighted by atomic mass is 9.92. The van der Waals surface area contributed by atoms with E-state index in [2.05, 4.69) is 0 Å². The first-order chi connectivity index (χ1) is 3.68. The van der Waals surface area contributed by atoms with E-state index in [4.69, 9.17) is 13.6 Å². The van der Waals surface area contributed by atoms with E-state index < -0.39 is 0 Å². The van der Waals surface area contributed by atoms with E-state index in [1.165, 1.54) is 0 Å². The van der Waals surface area contributed by atoms with Crippen molar-refractivity contribution in [3.63, 3.8) is 0 Å². The van der Waals surface area contributed by atoms with Gasteiger partial charge in [0.05, 0.1) is 7.85 Å². The van der Waals surface area contributed by atoms with Gasteiger partial charge in [0.2, 0.25) is 0 Å². The quantitative estimate of drug-likeness (QED) is 0.493. The third kappa shape index (κ3) is 3.05. The first kappa shape index (κ1) is 7.98. The fourth-order valence-electron chi connectivity index (χ4n) is 0.429. The SMILES string of the molecule is [B]C(CCN)N(C)C. The lowest BCUT2D eigenvalue weighted by molar-refractivity contribution is 0.363. The average Bonchev–Trinajstić information content (AvgIpc) is 1.67. The van der Waals surface area contributed by atoms with Gasteiger partial charge in [0, 0.05) is 0 Å². The van der Waals surface area contributed by atoms with Crippen molar-refractivity contribution in [3.05, 3.63) is 0 Å². The first-order valence-electron chi connectivity index (χ1n) is 2.80. The van der Waals surface area contributed by atoms with Gasteiger partial charge >= 0.3 is 0 Å². The molecule has 0 fully saturated rings. The van der Waals surface area contributed by atoms with Gasteiger partial charge in [-0.05, 0) is 33.0 Å². The molecule has 0 saturated carbocycles. The van der Waals surface area contributed by atoms with Crippen LogP contribution in [0.15, 0.2) is 0 Å². The van der Waals surface area contributed by atoms with Crippen molar-refractivity contribution in [2.45, 2.75) is 12.4 Å². The van der Waals surface area contributed by atoms with Crippen LogP contribution in [-0.2, 0) is 0 Å². The standard InChI is InChI=1S/C5H13BN2/c1-8(2)5(6)3-4-7/h5H,3-4,7H2,1-2H3. The molecule has 3 heteroatoms. The molecule has 0 amide bonds. The Hall–Kier alpha value is -0.0151. The summed E-state index contributed by atoms with van der Waals surface area (Å²) in [5.74, 6) is 0.125. The topological polar surface area (TPSA) is 29.3 Å². The lowest BCUT2D eigenvalue weighted by Crippen LogP contribution is -2.30. The van der Waals surface area contributed by atoms with Crippen LogP contribution in [0.3, 0.4) is 0 Å². The van der Waals surface area contributed by atoms with Crippen molar-refractivity contribution >= 4 is 7.85 Å². The van der Waals surface area contributed by atoms with Gasteiger partial charge in [0.1, 0.15) is 0 Å². The van der Waals surface area contributed by atoms with Crippen LogP contribution in [0.1, 0.15) is 6.42 Å². The highest BCUT2D eigenvalue weighted by atomic mass is 15.1. The summed E-state index contributed by atoms with van der Waals surface area (Å²) >= 11 is 0. The molecule has 0 aliphatic rings. The van der Waals surface area contributed by atoms with E-state index in [1.807, 2.05) is 19.0 Å². The minimum atomic E-state index is 0.125. The van der Waals surface area contributed by atoms with Crippen molar-refractivity contribution in [1.82, 2.24) is 4.90 Å². The molecule has 0 aromatic heterocycles. The predicted octanol–water partition coefficient (Wildman–Crippen LogP) is -0.609. The smallest absolute Gasteiger partial charge is 0.0910 e. The normalized spacial score (nSPS) is 14.5. The van der Waals surface area contributed by atoms with E-state index in [1.54, 1.807) is 0 Å². The maximum absolute atomic E-state index is 5.57. The van der Waals surface area contributed by atoms with Crippen molar-refractivity contribution in [3.8, 4) is 0 Å². The Kier molecular flexibility index (Phi) is 3.92. The zero-order valence-electron chi connectivity index (χ0n) is 5.59. The molecule has 0 bridgehead atoms. The summed E-state index contributed by atoms with van der Waals surface area (Å²) in [6.45, 7) is 0.666. The minimum absolute atomic E-state index is 0.125. The Balaban J connectivity index is 3.17. The lowest BCUT2D eigenvalue weighted by Gasteiger charge is -2.18. The molecule has 2 nitrogen and oxygen atoms in total. The van der Waals surface area contributed by atoms with Gasteiger partial charge in [-0.15, -0.1) is 0 Å². The molecule has 0 heterocycles. The van der Waals surface area contributed by atoms with Crippen molar-refractivity contribution < 1.29 is 0 Å². The van der Waals surface area contributed by atoms with Crippen LogP contribution >= 0.6 is 0 Å². The fourth-order valence-corrected chi connectivity index (χ4v) is 0.429. The van der Waals surface area contributed by atoms with Gasteiger partial charge in [-0.2, -0.15) is 0 Å². The number of nitrogens with zero attached hydrogens (tertiary/aromatic N) is 1. The monoisotopic (exact) mass is 112 g/mol. The summed E-state index contributed by atoms with van der Waals surface area (Å²) in [6.07, 6.45) is 0.868. The third-order valence-electron chi connectivity index (χ3n) is 1.13. The second-order valence-electron chi connectivity index (χ2n) is 2.11. The predicted molar refractivity (Wildman–Crippen MR) is 36.9 cm³/mol. The average molecular weight is 112 g/mol. The van der Waals surface area contributed by atoms with Crippen LogP contribution in [-0.4, -0.2) is 39.3 Å². The highest BCUT2D eigenvalue weighted by Crippen LogP contribution is 1.89. The highest BCUT2D eigenvalue weighted by molar-refractivity contribution is 6.11. The Morgan fingerprint density at radius 2 is 2.12 bits per heavy atom. The molecule has 1 unspecified atom stereocenters. The molecule has 46 valence electrons. The molecular weight excluding hydrogens is 98.9 g/mol. The molecule has 2 N–H and O–H groups in total. The molecule has 8 heavy (non-hydrogen) atoms. The van der Waals surface area contributed by atoms with Crippen LogP contribution in [0.2, 0.25) is 0 Å². The highest BCUT2D eigenvalue weighted by Gasteiger charge is 1.99. The zero-order valence-corrected chi connectivity index (χ0v) is 5.59. The van der Waals surface area contributed by atoms with E-state index >= 15 is 0 Å². The Morgan fingerprint density at radius 1 is 1.62 bits per heavy atom. The van der Waals surface area contributed by atoms with Gasteiger partial charge in [-0.3, -0.25) is 0 Å². The van der Waals surface area contributed by atoms with Crippen LogP contribution in [0.4, 0.5) is 0 Å². The summed E-state index contributed by atoms with van der Waals surface area (Å²) in [6, 6.07) is 0.